The number of nitrogens with zero attached hydrogens (tertiary/aromatic N) is 1. The molecule has 124 valence electrons. The molecule has 2 aromatic rings. The topological polar surface area (TPSA) is 92.5 Å². The molecule has 0 fully saturated rings. The fourth-order valence-electron chi connectivity index (χ4n) is 2.15. The molecule has 1 aromatic heterocycles. The number of sulfonamides is 1. The van der Waals surface area contributed by atoms with Crippen LogP contribution in [0, 0.1) is 0 Å². The van der Waals surface area contributed by atoms with Gasteiger partial charge in [0.15, 0.2) is 0 Å². The number of rotatable bonds is 6. The molecule has 0 unspecified atom stereocenters. The molecular formula is C15H19N3O3S2. The number of likely N-dealkylation sites (N-methyl/N-ethyl adjacent to an activating group) is 1. The highest BCUT2D eigenvalue weighted by Crippen LogP contribution is 2.20. The normalized spacial score (nSPS) is 13.0. The lowest BCUT2D eigenvalue weighted by atomic mass is 10.1. The second-order valence-electron chi connectivity index (χ2n) is 5.30. The maximum atomic E-state index is 12.2. The van der Waals surface area contributed by atoms with E-state index >= 15 is 0 Å². The zero-order valence-electron chi connectivity index (χ0n) is 12.9. The smallest absolute Gasteiger partial charge is 0.252 e. The molecule has 0 aliphatic carbocycles. The number of primary sulfonamides is 1. The Hall–Kier alpha value is -1.74. The Kier molecular flexibility index (Phi) is 5.53. The van der Waals surface area contributed by atoms with E-state index in [1.54, 1.807) is 0 Å². The minimum atomic E-state index is -3.77. The van der Waals surface area contributed by atoms with Crippen LogP contribution >= 0.6 is 11.3 Å². The van der Waals surface area contributed by atoms with Gasteiger partial charge in [0.05, 0.1) is 11.6 Å². The molecule has 1 atom stereocenters. The number of amides is 1. The van der Waals surface area contributed by atoms with E-state index in [2.05, 4.69) is 5.32 Å². The Morgan fingerprint density at radius 2 is 1.96 bits per heavy atom. The van der Waals surface area contributed by atoms with E-state index < -0.39 is 10.0 Å². The maximum Gasteiger partial charge on any atom is 0.252 e. The van der Waals surface area contributed by atoms with E-state index in [1.165, 1.54) is 11.4 Å². The molecular weight excluding hydrogens is 334 g/mol. The van der Waals surface area contributed by atoms with Crippen molar-refractivity contribution in [2.24, 2.45) is 5.14 Å². The number of nitrogens with two attached hydrogens (primary N) is 1. The monoisotopic (exact) mass is 353 g/mol. The first-order valence-electron chi connectivity index (χ1n) is 6.90. The van der Waals surface area contributed by atoms with Gasteiger partial charge in [0.25, 0.3) is 5.91 Å². The minimum absolute atomic E-state index is 0.0186. The SMILES string of the molecule is CN(C)[C@@H](CNC(=O)c1csc(S(N)(=O)=O)c1)c1ccccc1. The van der Waals surface area contributed by atoms with Crippen molar-refractivity contribution in [3.05, 3.63) is 52.9 Å². The summed E-state index contributed by atoms with van der Waals surface area (Å²) in [4.78, 5) is 14.2. The van der Waals surface area contributed by atoms with E-state index in [0.29, 0.717) is 12.1 Å². The number of carbonyl (C=O) groups excluding carboxylic acids is 1. The molecule has 2 rings (SSSR count). The molecule has 23 heavy (non-hydrogen) atoms. The summed E-state index contributed by atoms with van der Waals surface area (Å²) in [6, 6.07) is 11.2. The van der Waals surface area contributed by atoms with Crippen molar-refractivity contribution < 1.29 is 13.2 Å². The van der Waals surface area contributed by atoms with Gasteiger partial charge in [-0.25, -0.2) is 13.6 Å². The van der Waals surface area contributed by atoms with Crippen molar-refractivity contribution in [3.63, 3.8) is 0 Å². The third-order valence-corrected chi connectivity index (χ3v) is 5.77. The second-order valence-corrected chi connectivity index (χ2v) is 8.00. The number of thiophene rings is 1. The van der Waals surface area contributed by atoms with Crippen LogP contribution in [0.5, 0.6) is 0 Å². The van der Waals surface area contributed by atoms with Gasteiger partial charge in [0, 0.05) is 11.9 Å². The fourth-order valence-corrected chi connectivity index (χ4v) is 3.74. The molecule has 0 saturated heterocycles. The predicted molar refractivity (Wildman–Crippen MR) is 90.9 cm³/mol. The number of hydrogen-bond acceptors (Lipinski definition) is 5. The van der Waals surface area contributed by atoms with Gasteiger partial charge in [0.2, 0.25) is 10.0 Å². The Morgan fingerprint density at radius 1 is 1.30 bits per heavy atom. The van der Waals surface area contributed by atoms with E-state index in [-0.39, 0.29) is 16.2 Å². The zero-order chi connectivity index (χ0) is 17.0. The summed E-state index contributed by atoms with van der Waals surface area (Å²) in [6.45, 7) is 0.413. The lowest BCUT2D eigenvalue weighted by Gasteiger charge is -2.25. The van der Waals surface area contributed by atoms with Crippen LogP contribution in [0.3, 0.4) is 0 Å². The molecule has 6 nitrogen and oxygen atoms in total. The number of carbonyl (C=O) groups is 1. The minimum Gasteiger partial charge on any atom is -0.350 e. The van der Waals surface area contributed by atoms with Crippen LogP contribution < -0.4 is 10.5 Å². The third kappa shape index (κ3) is 4.61. The number of nitrogens with one attached hydrogen (secondary N) is 1. The van der Waals surface area contributed by atoms with E-state index in [9.17, 15) is 13.2 Å². The van der Waals surface area contributed by atoms with Crippen molar-refractivity contribution in [1.29, 1.82) is 0 Å². The molecule has 1 aromatic carbocycles. The quantitative estimate of drug-likeness (QED) is 0.822. The molecule has 0 radical (unpaired) electrons. The van der Waals surface area contributed by atoms with Gasteiger partial charge in [-0.15, -0.1) is 11.3 Å². The van der Waals surface area contributed by atoms with E-state index in [0.717, 1.165) is 16.9 Å². The number of hydrogen-bond donors (Lipinski definition) is 2. The second kappa shape index (κ2) is 7.22. The Morgan fingerprint density at radius 3 is 2.48 bits per heavy atom. The fraction of sp³-hybridized carbons (Fsp3) is 0.267. The Balaban J connectivity index is 2.06. The van der Waals surface area contributed by atoms with E-state index in [4.69, 9.17) is 5.14 Å². The highest BCUT2D eigenvalue weighted by Gasteiger charge is 2.18. The molecule has 3 N–H and O–H groups in total. The summed E-state index contributed by atoms with van der Waals surface area (Å²) < 4.78 is 22.5. The van der Waals surface area contributed by atoms with Gasteiger partial charge in [-0.05, 0) is 25.7 Å². The van der Waals surface area contributed by atoms with Crippen molar-refractivity contribution in [3.8, 4) is 0 Å². The molecule has 8 heteroatoms. The van der Waals surface area contributed by atoms with Crippen LogP contribution in [0.15, 0.2) is 46.0 Å². The summed E-state index contributed by atoms with van der Waals surface area (Å²) in [5.41, 5.74) is 1.39. The molecule has 1 amide bonds. The standard InChI is InChI=1S/C15H19N3O3S2/c1-18(2)13(11-6-4-3-5-7-11)9-17-15(19)12-8-14(22-10-12)23(16,20)21/h3-8,10,13H,9H2,1-2H3,(H,17,19)(H2,16,20,21)/t13-/m0/s1. The average Bonchev–Trinajstić information content (AvgIpc) is 2.98. The summed E-state index contributed by atoms with van der Waals surface area (Å²) in [7, 11) is 0.103. The lowest BCUT2D eigenvalue weighted by Crippen LogP contribution is -2.34. The summed E-state index contributed by atoms with van der Waals surface area (Å²) >= 11 is 0.938. The third-order valence-electron chi connectivity index (χ3n) is 3.38. The van der Waals surface area contributed by atoms with Crippen molar-refractivity contribution >= 4 is 27.3 Å². The van der Waals surface area contributed by atoms with Crippen LogP contribution in [0.4, 0.5) is 0 Å². The molecule has 0 bridgehead atoms. The number of benzene rings is 1. The van der Waals surface area contributed by atoms with Crippen molar-refractivity contribution in [2.45, 2.75) is 10.3 Å². The van der Waals surface area contributed by atoms with Gasteiger partial charge in [-0.3, -0.25) is 4.79 Å². The highest BCUT2D eigenvalue weighted by molar-refractivity contribution is 7.91. The largest absolute Gasteiger partial charge is 0.350 e. The first-order chi connectivity index (χ1) is 10.8. The summed E-state index contributed by atoms with van der Waals surface area (Å²) in [6.07, 6.45) is 0. The molecule has 0 saturated carbocycles. The Labute approximate surface area is 140 Å². The van der Waals surface area contributed by atoms with Gasteiger partial charge < -0.3 is 10.2 Å². The predicted octanol–water partition coefficient (Wildman–Crippen LogP) is 1.43. The maximum absolute atomic E-state index is 12.2. The van der Waals surface area contributed by atoms with Crippen LogP contribution in [0.1, 0.15) is 22.0 Å². The van der Waals surface area contributed by atoms with Gasteiger partial charge >= 0.3 is 0 Å². The first kappa shape index (κ1) is 17.6. The molecule has 1 heterocycles. The van der Waals surface area contributed by atoms with Gasteiger partial charge in [0.1, 0.15) is 4.21 Å². The van der Waals surface area contributed by atoms with Crippen LogP contribution in [-0.2, 0) is 10.0 Å². The zero-order valence-corrected chi connectivity index (χ0v) is 14.5. The first-order valence-corrected chi connectivity index (χ1v) is 9.32. The van der Waals surface area contributed by atoms with Crippen LogP contribution in [0.25, 0.3) is 0 Å². The molecule has 0 spiro atoms. The van der Waals surface area contributed by atoms with Crippen LogP contribution in [0.2, 0.25) is 0 Å². The van der Waals surface area contributed by atoms with Crippen LogP contribution in [-0.4, -0.2) is 39.9 Å². The Bertz CT molecular complexity index is 770. The van der Waals surface area contributed by atoms with Gasteiger partial charge in [-0.1, -0.05) is 30.3 Å². The lowest BCUT2D eigenvalue weighted by molar-refractivity contribution is 0.0942. The average molecular weight is 353 g/mol. The van der Waals surface area contributed by atoms with Crippen molar-refractivity contribution in [1.82, 2.24) is 10.2 Å². The summed E-state index contributed by atoms with van der Waals surface area (Å²) in [5, 5.41) is 9.37. The van der Waals surface area contributed by atoms with Crippen molar-refractivity contribution in [2.75, 3.05) is 20.6 Å². The highest BCUT2D eigenvalue weighted by atomic mass is 32.2. The van der Waals surface area contributed by atoms with Gasteiger partial charge in [-0.2, -0.15) is 0 Å². The van der Waals surface area contributed by atoms with E-state index in [1.807, 2.05) is 49.3 Å². The summed E-state index contributed by atoms with van der Waals surface area (Å²) in [5.74, 6) is -0.320. The molecule has 0 aliphatic heterocycles. The molecule has 0 aliphatic rings.